The van der Waals surface area contributed by atoms with Crippen molar-refractivity contribution in [3.63, 3.8) is 0 Å². The molecule has 0 aromatic heterocycles. The minimum atomic E-state index is -1.51. The van der Waals surface area contributed by atoms with Gasteiger partial charge in [-0.3, -0.25) is 14.8 Å². The molecule has 1 fully saturated rings. The van der Waals surface area contributed by atoms with Gasteiger partial charge in [0, 0.05) is 31.4 Å². The molecular weight excluding hydrogens is 426 g/mol. The highest BCUT2D eigenvalue weighted by Gasteiger charge is 2.67. The average Bonchev–Trinajstić information content (AvgIpc) is 3.04. The maximum absolute atomic E-state index is 14.1. The highest BCUT2D eigenvalue weighted by molar-refractivity contribution is 6.10. The van der Waals surface area contributed by atoms with Crippen LogP contribution in [0.1, 0.15) is 60.3 Å². The van der Waals surface area contributed by atoms with Crippen LogP contribution in [0.15, 0.2) is 22.8 Å². The molecule has 8 nitrogen and oxygen atoms in total. The highest BCUT2D eigenvalue weighted by Crippen LogP contribution is 2.56. The van der Waals surface area contributed by atoms with Crippen LogP contribution in [0.25, 0.3) is 0 Å². The lowest BCUT2D eigenvalue weighted by Crippen LogP contribution is -2.57. The molecule has 0 aromatic rings. The van der Waals surface area contributed by atoms with E-state index in [-0.39, 0.29) is 30.6 Å². The molecule has 1 amide bonds. The Bertz CT molecular complexity index is 835. The van der Waals surface area contributed by atoms with Crippen LogP contribution >= 0.6 is 0 Å². The van der Waals surface area contributed by atoms with Crippen LogP contribution < -0.4 is 5.32 Å². The molecule has 0 radical (unpaired) electrons. The van der Waals surface area contributed by atoms with Gasteiger partial charge in [0.05, 0.1) is 12.2 Å². The molecule has 8 atom stereocenters. The third kappa shape index (κ3) is 4.32. The number of nitrogens with one attached hydrogen (secondary N) is 1. The number of amides is 1. The number of allylic oxidation sites excluding steroid dienone is 1. The van der Waals surface area contributed by atoms with Crippen LogP contribution in [-0.4, -0.2) is 64.7 Å². The number of methoxy groups -OCH3 is 1. The molecule has 1 heterocycles. The highest BCUT2D eigenvalue weighted by atomic mass is 17.1. The summed E-state index contributed by atoms with van der Waals surface area (Å²) in [4.78, 5) is 32.9. The Labute approximate surface area is 196 Å². The van der Waals surface area contributed by atoms with Gasteiger partial charge >= 0.3 is 0 Å². The Morgan fingerprint density at radius 3 is 2.42 bits per heavy atom. The first-order valence-electron chi connectivity index (χ1n) is 11.9. The molecule has 0 bridgehead atoms. The molecule has 0 unspecified atom stereocenters. The molecule has 4 N–H and O–H groups in total. The fourth-order valence-electron chi connectivity index (χ4n) is 6.24. The smallest absolute Gasteiger partial charge is 0.235 e. The second-order valence-electron chi connectivity index (χ2n) is 10.5. The largest absolute Gasteiger partial charge is 0.390 e. The van der Waals surface area contributed by atoms with Gasteiger partial charge < -0.3 is 20.3 Å². The lowest BCUT2D eigenvalue weighted by Gasteiger charge is -2.47. The van der Waals surface area contributed by atoms with E-state index in [0.717, 1.165) is 16.7 Å². The summed E-state index contributed by atoms with van der Waals surface area (Å²) in [6, 6.07) is -0.242. The molecule has 3 rings (SSSR count). The maximum Gasteiger partial charge on any atom is 0.235 e. The van der Waals surface area contributed by atoms with Gasteiger partial charge in [-0.15, -0.1) is 0 Å². The van der Waals surface area contributed by atoms with E-state index in [2.05, 4.69) is 19.2 Å². The normalized spacial score (nSPS) is 41.8. The van der Waals surface area contributed by atoms with Crippen LogP contribution in [0.3, 0.4) is 0 Å². The van der Waals surface area contributed by atoms with E-state index in [1.165, 1.54) is 7.11 Å². The zero-order valence-corrected chi connectivity index (χ0v) is 20.5. The zero-order chi connectivity index (χ0) is 24.7. The van der Waals surface area contributed by atoms with Gasteiger partial charge in [-0.1, -0.05) is 31.1 Å². The van der Waals surface area contributed by atoms with Crippen molar-refractivity contribution in [2.45, 2.75) is 90.8 Å². The van der Waals surface area contributed by atoms with Crippen LogP contribution in [0.2, 0.25) is 0 Å². The van der Waals surface area contributed by atoms with Crippen LogP contribution in [0.5, 0.6) is 0 Å². The van der Waals surface area contributed by atoms with Gasteiger partial charge in [-0.05, 0) is 51.5 Å². The predicted molar refractivity (Wildman–Crippen MR) is 122 cm³/mol. The average molecular weight is 466 g/mol. The number of ketones is 1. The number of hydrogen-bond donors (Lipinski definition) is 4. The summed E-state index contributed by atoms with van der Waals surface area (Å²) in [6.07, 6.45) is -1.10. The first-order valence-corrected chi connectivity index (χ1v) is 11.9. The monoisotopic (exact) mass is 465 g/mol. The third-order valence-electron chi connectivity index (χ3n) is 8.02. The molecule has 0 aromatic carbocycles. The molecule has 3 aliphatic rings. The minimum Gasteiger partial charge on any atom is -0.390 e. The second-order valence-corrected chi connectivity index (χ2v) is 10.5. The third-order valence-corrected chi connectivity index (χ3v) is 8.02. The summed E-state index contributed by atoms with van der Waals surface area (Å²) >= 11 is 0. The number of hydrogen-bond acceptors (Lipinski definition) is 7. The van der Waals surface area contributed by atoms with E-state index in [9.17, 15) is 25.1 Å². The molecule has 1 spiro atoms. The van der Waals surface area contributed by atoms with Crippen molar-refractivity contribution < 1.29 is 34.7 Å². The van der Waals surface area contributed by atoms with Crippen molar-refractivity contribution in [1.29, 1.82) is 0 Å². The van der Waals surface area contributed by atoms with E-state index in [4.69, 9.17) is 9.62 Å². The quantitative estimate of drug-likeness (QED) is 0.217. The van der Waals surface area contributed by atoms with Crippen molar-refractivity contribution in [1.82, 2.24) is 5.32 Å². The number of carbonyl (C=O) groups excluding carboxylic acids is 2. The van der Waals surface area contributed by atoms with Gasteiger partial charge in [0.25, 0.3) is 0 Å². The van der Waals surface area contributed by atoms with Crippen molar-refractivity contribution in [3.8, 4) is 0 Å². The lowest BCUT2D eigenvalue weighted by molar-refractivity contribution is -0.284. The van der Waals surface area contributed by atoms with E-state index < -0.39 is 41.7 Å². The summed E-state index contributed by atoms with van der Waals surface area (Å²) in [5, 5.41) is 34.2. The van der Waals surface area contributed by atoms with Gasteiger partial charge in [-0.2, -0.15) is 0 Å². The number of rotatable bonds is 4. The van der Waals surface area contributed by atoms with E-state index in [1.807, 2.05) is 26.8 Å². The molecule has 2 aliphatic carbocycles. The molecular formula is C25H39NO7. The Balaban J connectivity index is 2.27. The Hall–Kier alpha value is -1.58. The van der Waals surface area contributed by atoms with E-state index in [1.54, 1.807) is 0 Å². The molecule has 8 heteroatoms. The predicted octanol–water partition coefficient (Wildman–Crippen LogP) is 2.39. The Kier molecular flexibility index (Phi) is 7.86. The molecule has 1 aliphatic heterocycles. The zero-order valence-electron chi connectivity index (χ0n) is 20.5. The number of ether oxygens (including phenoxy) is 1. The first kappa shape index (κ1) is 26.0. The molecule has 1 saturated heterocycles. The van der Waals surface area contributed by atoms with Crippen LogP contribution in [0, 0.1) is 23.2 Å². The van der Waals surface area contributed by atoms with Crippen LogP contribution in [-0.2, 0) is 19.2 Å². The van der Waals surface area contributed by atoms with E-state index in [0.29, 0.717) is 18.8 Å². The van der Waals surface area contributed by atoms with Crippen LogP contribution in [0.4, 0.5) is 0 Å². The summed E-state index contributed by atoms with van der Waals surface area (Å²) < 4.78 is 5.42. The minimum absolute atomic E-state index is 0.235. The fraction of sp³-hybridized carbons (Fsp3) is 0.760. The summed E-state index contributed by atoms with van der Waals surface area (Å²) in [5.41, 5.74) is 1.01. The first-order chi connectivity index (χ1) is 15.5. The number of aliphatic hydroxyl groups excluding tert-OH is 2. The Morgan fingerprint density at radius 2 is 1.85 bits per heavy atom. The summed E-state index contributed by atoms with van der Waals surface area (Å²) in [6.45, 7) is 9.79. The van der Waals surface area contributed by atoms with Gasteiger partial charge in [0.1, 0.15) is 17.6 Å². The van der Waals surface area contributed by atoms with Crippen molar-refractivity contribution >= 4 is 11.7 Å². The van der Waals surface area contributed by atoms with Gasteiger partial charge in [-0.25, -0.2) is 4.89 Å². The molecule has 186 valence electrons. The number of aliphatic hydroxyl groups is 2. The topological polar surface area (TPSA) is 125 Å². The fourth-order valence-corrected chi connectivity index (χ4v) is 6.24. The summed E-state index contributed by atoms with van der Waals surface area (Å²) in [7, 11) is 1.38. The van der Waals surface area contributed by atoms with Crippen molar-refractivity contribution in [2.75, 3.05) is 7.11 Å². The second kappa shape index (κ2) is 9.96. The van der Waals surface area contributed by atoms with Crippen molar-refractivity contribution in [3.05, 3.63) is 22.8 Å². The van der Waals surface area contributed by atoms with E-state index >= 15 is 0 Å². The molecule has 33 heavy (non-hydrogen) atoms. The Morgan fingerprint density at radius 1 is 1.18 bits per heavy atom. The van der Waals surface area contributed by atoms with Crippen molar-refractivity contribution in [2.24, 2.45) is 23.2 Å². The maximum atomic E-state index is 14.1. The molecule has 0 saturated carbocycles. The lowest BCUT2D eigenvalue weighted by atomic mass is 9.54. The summed E-state index contributed by atoms with van der Waals surface area (Å²) in [5.74, 6) is -1.61. The number of Topliss-reactive ketones (excluding diaryl/α,β-unsaturated/α-hetero) is 1. The van der Waals surface area contributed by atoms with Gasteiger partial charge in [0.15, 0.2) is 5.78 Å². The standard InChI is InChI=1S/C25H39NO7/c1-12(2)9-17-21-14(4)15(5)23(33-31)16-10-13(3)7-8-18(27)22(29)19(32-6)11-20(28)25(16,21)24(30)26-17/h10,12,16-19,21-23,27,29,31H,7-9,11H2,1-6H3,(H,26,30)/b13-10-/t16-,17+,18-,19+,21-,22-,23-,25-/m0/s1. The van der Waals surface area contributed by atoms with Gasteiger partial charge in [0.2, 0.25) is 5.91 Å². The number of carbonyl (C=O) groups is 2. The SMILES string of the molecule is CO[C@@H]1CC(=O)[C@]23C(=O)N[C@H](CC(C)C)[C@@H]2C(C)=C(C)[C@H](OO)[C@@H]3/C=C(/C)CC[C@H](O)[C@@H]1O.